The van der Waals surface area contributed by atoms with Gasteiger partial charge in [-0.05, 0) is 43.7 Å². The van der Waals surface area contributed by atoms with Gasteiger partial charge in [-0.15, -0.1) is 0 Å². The summed E-state index contributed by atoms with van der Waals surface area (Å²) in [4.78, 5) is 1.80. The molecule has 0 N–H and O–H groups in total. The van der Waals surface area contributed by atoms with Gasteiger partial charge >= 0.3 is 0 Å². The van der Waals surface area contributed by atoms with E-state index in [1.165, 1.54) is 11.6 Å². The molecule has 0 amide bonds. The summed E-state index contributed by atoms with van der Waals surface area (Å²) in [5.41, 5.74) is 4.01. The Morgan fingerprint density at radius 1 is 1.05 bits per heavy atom. The molecule has 0 radical (unpaired) electrons. The Morgan fingerprint density at radius 2 is 1.74 bits per heavy atom. The van der Waals surface area contributed by atoms with Crippen LogP contribution in [-0.4, -0.2) is 7.05 Å². The van der Waals surface area contributed by atoms with Crippen LogP contribution in [0.4, 0.5) is 15.8 Å². The van der Waals surface area contributed by atoms with Gasteiger partial charge in [-0.1, -0.05) is 17.7 Å². The molecule has 2 rings (SSSR count). The molecular weight excluding hydrogens is 239 g/mol. The van der Waals surface area contributed by atoms with Crippen LogP contribution in [0.25, 0.3) is 0 Å². The van der Waals surface area contributed by atoms with E-state index in [2.05, 4.69) is 6.07 Å². The normalized spacial score (nSPS) is 10.1. The van der Waals surface area contributed by atoms with Gasteiger partial charge < -0.3 is 4.90 Å². The molecule has 0 aliphatic rings. The van der Waals surface area contributed by atoms with Crippen LogP contribution in [-0.2, 0) is 0 Å². The second kappa shape index (κ2) is 5.11. The number of benzene rings is 2. The largest absolute Gasteiger partial charge is 0.342 e. The van der Waals surface area contributed by atoms with Crippen LogP contribution in [0, 0.1) is 31.0 Å². The Labute approximate surface area is 112 Å². The van der Waals surface area contributed by atoms with E-state index >= 15 is 0 Å². The van der Waals surface area contributed by atoms with Gasteiger partial charge in [0.05, 0.1) is 17.3 Å². The number of anilines is 2. The molecule has 3 heteroatoms. The lowest BCUT2D eigenvalue weighted by atomic mass is 10.1. The Hall–Kier alpha value is -2.34. The average molecular weight is 254 g/mol. The SMILES string of the molecule is Cc1ccc(N(C)c2ccc(C#N)cc2F)c(C)c1. The van der Waals surface area contributed by atoms with Crippen LogP contribution in [0.3, 0.4) is 0 Å². The third kappa shape index (κ3) is 2.58. The minimum Gasteiger partial charge on any atom is -0.342 e. The molecule has 2 nitrogen and oxygen atoms in total. The first-order chi connectivity index (χ1) is 9.02. The number of halogens is 1. The van der Waals surface area contributed by atoms with Crippen molar-refractivity contribution in [3.8, 4) is 6.07 Å². The number of aryl methyl sites for hydroxylation is 2. The van der Waals surface area contributed by atoms with Gasteiger partial charge in [-0.3, -0.25) is 0 Å². The van der Waals surface area contributed by atoms with Gasteiger partial charge in [-0.25, -0.2) is 4.39 Å². The van der Waals surface area contributed by atoms with Crippen LogP contribution in [0.15, 0.2) is 36.4 Å². The highest BCUT2D eigenvalue weighted by Gasteiger charge is 2.12. The van der Waals surface area contributed by atoms with Crippen molar-refractivity contribution in [1.29, 1.82) is 5.26 Å². The summed E-state index contributed by atoms with van der Waals surface area (Å²) < 4.78 is 14.0. The molecule has 0 atom stereocenters. The zero-order valence-electron chi connectivity index (χ0n) is 11.2. The van der Waals surface area contributed by atoms with E-state index in [0.29, 0.717) is 11.3 Å². The molecule has 0 bridgehead atoms. The van der Waals surface area contributed by atoms with Crippen molar-refractivity contribution in [2.45, 2.75) is 13.8 Å². The van der Waals surface area contributed by atoms with E-state index in [4.69, 9.17) is 5.26 Å². The molecule has 0 aliphatic heterocycles. The molecule has 19 heavy (non-hydrogen) atoms. The van der Waals surface area contributed by atoms with Crippen molar-refractivity contribution in [3.63, 3.8) is 0 Å². The Bertz CT molecular complexity index is 656. The van der Waals surface area contributed by atoms with Crippen molar-refractivity contribution in [1.82, 2.24) is 0 Å². The van der Waals surface area contributed by atoms with E-state index in [-0.39, 0.29) is 5.82 Å². The molecule has 0 aromatic heterocycles. The highest BCUT2D eigenvalue weighted by molar-refractivity contribution is 5.67. The third-order valence-corrected chi connectivity index (χ3v) is 3.15. The van der Waals surface area contributed by atoms with Crippen LogP contribution in [0.2, 0.25) is 0 Å². The monoisotopic (exact) mass is 254 g/mol. The molecule has 0 unspecified atom stereocenters. The molecule has 0 saturated carbocycles. The maximum absolute atomic E-state index is 14.0. The van der Waals surface area contributed by atoms with Gasteiger partial charge in [0.2, 0.25) is 0 Å². The molecule has 0 heterocycles. The lowest BCUT2D eigenvalue weighted by Crippen LogP contribution is -2.12. The summed E-state index contributed by atoms with van der Waals surface area (Å²) >= 11 is 0. The van der Waals surface area contributed by atoms with E-state index in [9.17, 15) is 4.39 Å². The molecular formula is C16H15FN2. The Kier molecular flexibility index (Phi) is 3.52. The van der Waals surface area contributed by atoms with Crippen molar-refractivity contribution >= 4 is 11.4 Å². The van der Waals surface area contributed by atoms with Crippen molar-refractivity contribution < 1.29 is 4.39 Å². The van der Waals surface area contributed by atoms with Gasteiger partial charge in [0.15, 0.2) is 0 Å². The summed E-state index contributed by atoms with van der Waals surface area (Å²) in [6, 6.07) is 12.5. The lowest BCUT2D eigenvalue weighted by molar-refractivity contribution is 0.627. The molecule has 2 aromatic rings. The summed E-state index contributed by atoms with van der Waals surface area (Å²) in [5, 5.41) is 8.75. The first-order valence-corrected chi connectivity index (χ1v) is 6.03. The Morgan fingerprint density at radius 3 is 2.32 bits per heavy atom. The number of hydrogen-bond donors (Lipinski definition) is 0. The number of nitriles is 1. The zero-order valence-corrected chi connectivity index (χ0v) is 11.2. The summed E-state index contributed by atoms with van der Waals surface area (Å²) in [7, 11) is 1.82. The predicted molar refractivity (Wildman–Crippen MR) is 75.1 cm³/mol. The Balaban J connectivity index is 2.44. The van der Waals surface area contributed by atoms with Crippen molar-refractivity contribution in [2.24, 2.45) is 0 Å². The second-order valence-electron chi connectivity index (χ2n) is 4.63. The van der Waals surface area contributed by atoms with Gasteiger partial charge in [0, 0.05) is 12.7 Å². The van der Waals surface area contributed by atoms with Crippen LogP contribution in [0.5, 0.6) is 0 Å². The fourth-order valence-corrected chi connectivity index (χ4v) is 2.16. The summed E-state index contributed by atoms with van der Waals surface area (Å²) in [6.45, 7) is 4.03. The number of rotatable bonds is 2. The minimum absolute atomic E-state index is 0.329. The van der Waals surface area contributed by atoms with Gasteiger partial charge in [0.1, 0.15) is 5.82 Å². The van der Waals surface area contributed by atoms with E-state index < -0.39 is 0 Å². The molecule has 96 valence electrons. The fraction of sp³-hybridized carbons (Fsp3) is 0.188. The molecule has 0 fully saturated rings. The van der Waals surface area contributed by atoms with Crippen molar-refractivity contribution in [3.05, 3.63) is 58.9 Å². The highest BCUT2D eigenvalue weighted by atomic mass is 19.1. The van der Waals surface area contributed by atoms with Gasteiger partial charge in [-0.2, -0.15) is 5.26 Å². The first-order valence-electron chi connectivity index (χ1n) is 6.03. The maximum atomic E-state index is 14.0. The molecule has 0 saturated heterocycles. The van der Waals surface area contributed by atoms with Crippen LogP contribution in [0.1, 0.15) is 16.7 Å². The molecule has 0 spiro atoms. The van der Waals surface area contributed by atoms with E-state index in [0.717, 1.165) is 11.3 Å². The molecule has 2 aromatic carbocycles. The maximum Gasteiger partial charge on any atom is 0.148 e. The number of nitrogens with zero attached hydrogens (tertiary/aromatic N) is 2. The van der Waals surface area contributed by atoms with Gasteiger partial charge in [0.25, 0.3) is 0 Å². The zero-order chi connectivity index (χ0) is 14.0. The quantitative estimate of drug-likeness (QED) is 0.807. The van der Waals surface area contributed by atoms with E-state index in [1.807, 2.05) is 39.1 Å². The van der Waals surface area contributed by atoms with E-state index in [1.54, 1.807) is 17.0 Å². The summed E-state index contributed by atoms with van der Waals surface area (Å²) in [6.07, 6.45) is 0. The lowest BCUT2D eigenvalue weighted by Gasteiger charge is -2.22. The van der Waals surface area contributed by atoms with Crippen LogP contribution >= 0.6 is 0 Å². The topological polar surface area (TPSA) is 27.0 Å². The second-order valence-corrected chi connectivity index (χ2v) is 4.63. The average Bonchev–Trinajstić information content (AvgIpc) is 2.37. The molecule has 0 aliphatic carbocycles. The highest BCUT2D eigenvalue weighted by Crippen LogP contribution is 2.29. The number of hydrogen-bond acceptors (Lipinski definition) is 2. The predicted octanol–water partition coefficient (Wildman–Crippen LogP) is 4.08. The third-order valence-electron chi connectivity index (χ3n) is 3.15. The van der Waals surface area contributed by atoms with Crippen molar-refractivity contribution in [2.75, 3.05) is 11.9 Å². The standard InChI is InChI=1S/C16H15FN2/c1-11-4-6-15(12(2)8-11)19(3)16-7-5-13(10-18)9-14(16)17/h4-9H,1-3H3. The summed E-state index contributed by atoms with van der Waals surface area (Å²) in [5.74, 6) is -0.387. The smallest absolute Gasteiger partial charge is 0.148 e. The van der Waals surface area contributed by atoms with Crippen LogP contribution < -0.4 is 4.90 Å². The minimum atomic E-state index is -0.387. The first kappa shape index (κ1) is 13.1. The fourth-order valence-electron chi connectivity index (χ4n) is 2.16.